The molecule has 0 unspecified atom stereocenters. The van der Waals surface area contributed by atoms with Gasteiger partial charge in [0.2, 0.25) is 0 Å². The van der Waals surface area contributed by atoms with E-state index in [1.54, 1.807) is 0 Å². The van der Waals surface area contributed by atoms with Crippen molar-refractivity contribution in [2.24, 2.45) is 5.41 Å². The lowest BCUT2D eigenvalue weighted by molar-refractivity contribution is 0.0936. The van der Waals surface area contributed by atoms with Crippen molar-refractivity contribution in [1.82, 2.24) is 5.32 Å². The highest BCUT2D eigenvalue weighted by Crippen LogP contribution is 2.18. The van der Waals surface area contributed by atoms with Crippen LogP contribution in [0.5, 0.6) is 0 Å². The minimum absolute atomic E-state index is 0.00539. The molecule has 1 aromatic rings. The third-order valence-electron chi connectivity index (χ3n) is 3.12. The van der Waals surface area contributed by atoms with Crippen molar-refractivity contribution in [1.29, 1.82) is 0 Å². The predicted octanol–water partition coefficient (Wildman–Crippen LogP) is 2.89. The van der Waals surface area contributed by atoms with Crippen LogP contribution in [0.25, 0.3) is 0 Å². The van der Waals surface area contributed by atoms with Crippen molar-refractivity contribution in [2.45, 2.75) is 27.2 Å². The van der Waals surface area contributed by atoms with Crippen molar-refractivity contribution < 1.29 is 4.79 Å². The number of hydrogen-bond acceptors (Lipinski definition) is 2. The third kappa shape index (κ3) is 4.10. The van der Waals surface area contributed by atoms with Crippen molar-refractivity contribution in [3.05, 3.63) is 29.8 Å². The Morgan fingerprint density at radius 1 is 1.24 bits per heavy atom. The van der Waals surface area contributed by atoms with E-state index in [0.717, 1.165) is 12.1 Å². The topological polar surface area (TPSA) is 41.1 Å². The Labute approximate surface area is 104 Å². The van der Waals surface area contributed by atoms with Gasteiger partial charge in [-0.2, -0.15) is 0 Å². The molecule has 1 rings (SSSR count). The number of carbonyl (C=O) groups excluding carboxylic acids is 1. The first-order chi connectivity index (χ1) is 7.98. The van der Waals surface area contributed by atoms with Crippen LogP contribution in [-0.2, 0) is 0 Å². The Balaban J connectivity index is 2.58. The maximum atomic E-state index is 11.9. The molecule has 0 bridgehead atoms. The molecule has 3 heteroatoms. The van der Waals surface area contributed by atoms with Gasteiger partial charge in [0, 0.05) is 24.8 Å². The standard InChI is InChI=1S/C14H22N2O/c1-5-14(2,3)10-16-13(17)11-6-8-12(15-4)9-7-11/h6-9,15H,5,10H2,1-4H3,(H,16,17). The second-order valence-corrected chi connectivity index (χ2v) is 5.03. The molecule has 0 aliphatic carbocycles. The third-order valence-corrected chi connectivity index (χ3v) is 3.12. The fourth-order valence-corrected chi connectivity index (χ4v) is 1.33. The largest absolute Gasteiger partial charge is 0.388 e. The minimum atomic E-state index is -0.00539. The molecule has 0 radical (unpaired) electrons. The van der Waals surface area contributed by atoms with Crippen molar-refractivity contribution in [3.63, 3.8) is 0 Å². The quantitative estimate of drug-likeness (QED) is 0.822. The molecule has 0 fully saturated rings. The highest BCUT2D eigenvalue weighted by Gasteiger charge is 2.16. The summed E-state index contributed by atoms with van der Waals surface area (Å²) in [5, 5.41) is 6.00. The molecule has 0 saturated heterocycles. The van der Waals surface area contributed by atoms with E-state index in [1.807, 2.05) is 31.3 Å². The van der Waals surface area contributed by atoms with E-state index in [-0.39, 0.29) is 11.3 Å². The van der Waals surface area contributed by atoms with E-state index in [1.165, 1.54) is 0 Å². The monoisotopic (exact) mass is 234 g/mol. The zero-order chi connectivity index (χ0) is 12.9. The summed E-state index contributed by atoms with van der Waals surface area (Å²) in [5.41, 5.74) is 1.87. The lowest BCUT2D eigenvalue weighted by Crippen LogP contribution is -2.33. The van der Waals surface area contributed by atoms with E-state index in [0.29, 0.717) is 12.1 Å². The first-order valence-corrected chi connectivity index (χ1v) is 6.04. The van der Waals surface area contributed by atoms with Crippen LogP contribution in [0.3, 0.4) is 0 Å². The molecule has 3 nitrogen and oxygen atoms in total. The summed E-state index contributed by atoms with van der Waals surface area (Å²) >= 11 is 0. The molecule has 1 amide bonds. The Kier molecular flexibility index (Phi) is 4.55. The SMILES string of the molecule is CCC(C)(C)CNC(=O)c1ccc(NC)cc1. The average Bonchev–Trinajstić information content (AvgIpc) is 2.36. The summed E-state index contributed by atoms with van der Waals surface area (Å²) in [6, 6.07) is 7.47. The van der Waals surface area contributed by atoms with E-state index < -0.39 is 0 Å². The molecule has 94 valence electrons. The lowest BCUT2D eigenvalue weighted by Gasteiger charge is -2.22. The molecule has 1 aromatic carbocycles. The number of nitrogens with one attached hydrogen (secondary N) is 2. The Hall–Kier alpha value is -1.51. The maximum absolute atomic E-state index is 11.9. The van der Waals surface area contributed by atoms with Gasteiger partial charge in [-0.25, -0.2) is 0 Å². The first-order valence-electron chi connectivity index (χ1n) is 6.04. The average molecular weight is 234 g/mol. The van der Waals surface area contributed by atoms with Crippen LogP contribution in [0, 0.1) is 5.41 Å². The fourth-order valence-electron chi connectivity index (χ4n) is 1.33. The van der Waals surface area contributed by atoms with E-state index in [2.05, 4.69) is 31.4 Å². The molecule has 0 atom stereocenters. The summed E-state index contributed by atoms with van der Waals surface area (Å²) in [6.45, 7) is 7.14. The number of rotatable bonds is 5. The molecule has 17 heavy (non-hydrogen) atoms. The maximum Gasteiger partial charge on any atom is 0.251 e. The van der Waals surface area contributed by atoms with Gasteiger partial charge < -0.3 is 10.6 Å². The molecule has 0 aliphatic heterocycles. The Morgan fingerprint density at radius 3 is 2.29 bits per heavy atom. The van der Waals surface area contributed by atoms with Gasteiger partial charge in [0.15, 0.2) is 0 Å². The molecule has 0 saturated carbocycles. The van der Waals surface area contributed by atoms with Crippen molar-refractivity contribution >= 4 is 11.6 Å². The zero-order valence-electron chi connectivity index (χ0n) is 11.1. The molecule has 0 heterocycles. The van der Waals surface area contributed by atoms with Gasteiger partial charge in [-0.3, -0.25) is 4.79 Å². The van der Waals surface area contributed by atoms with Crippen molar-refractivity contribution in [3.8, 4) is 0 Å². The van der Waals surface area contributed by atoms with E-state index in [9.17, 15) is 4.79 Å². The van der Waals surface area contributed by atoms with Gasteiger partial charge >= 0.3 is 0 Å². The summed E-state index contributed by atoms with van der Waals surface area (Å²) in [5.74, 6) is -0.00539. The number of benzene rings is 1. The predicted molar refractivity (Wildman–Crippen MR) is 72.4 cm³/mol. The zero-order valence-corrected chi connectivity index (χ0v) is 11.1. The van der Waals surface area contributed by atoms with Crippen LogP contribution in [0.1, 0.15) is 37.6 Å². The highest BCUT2D eigenvalue weighted by atomic mass is 16.1. The van der Waals surface area contributed by atoms with Crippen LogP contribution in [0.2, 0.25) is 0 Å². The van der Waals surface area contributed by atoms with Gasteiger partial charge in [0.05, 0.1) is 0 Å². The summed E-state index contributed by atoms with van der Waals surface area (Å²) in [7, 11) is 1.86. The lowest BCUT2D eigenvalue weighted by atomic mass is 9.90. The molecule has 0 spiro atoms. The number of hydrogen-bond donors (Lipinski definition) is 2. The number of anilines is 1. The smallest absolute Gasteiger partial charge is 0.251 e. The normalized spacial score (nSPS) is 11.1. The molecule has 2 N–H and O–H groups in total. The summed E-state index contributed by atoms with van der Waals surface area (Å²) < 4.78 is 0. The van der Waals surface area contributed by atoms with Crippen LogP contribution in [0.4, 0.5) is 5.69 Å². The fraction of sp³-hybridized carbons (Fsp3) is 0.500. The highest BCUT2D eigenvalue weighted by molar-refractivity contribution is 5.94. The second-order valence-electron chi connectivity index (χ2n) is 5.03. The Morgan fingerprint density at radius 2 is 1.82 bits per heavy atom. The van der Waals surface area contributed by atoms with Gasteiger partial charge in [0.1, 0.15) is 0 Å². The second kappa shape index (κ2) is 5.71. The van der Waals surface area contributed by atoms with Gasteiger partial charge in [-0.15, -0.1) is 0 Å². The number of carbonyl (C=O) groups is 1. The Bertz CT molecular complexity index is 368. The molecule has 0 aliphatic rings. The summed E-state index contributed by atoms with van der Waals surface area (Å²) in [4.78, 5) is 11.9. The first kappa shape index (κ1) is 13.6. The van der Waals surface area contributed by atoms with E-state index in [4.69, 9.17) is 0 Å². The molecular weight excluding hydrogens is 212 g/mol. The van der Waals surface area contributed by atoms with Gasteiger partial charge in [-0.05, 0) is 36.1 Å². The van der Waals surface area contributed by atoms with Crippen LogP contribution in [-0.4, -0.2) is 19.5 Å². The van der Waals surface area contributed by atoms with Crippen molar-refractivity contribution in [2.75, 3.05) is 18.9 Å². The van der Waals surface area contributed by atoms with Gasteiger partial charge in [0.25, 0.3) is 5.91 Å². The summed E-state index contributed by atoms with van der Waals surface area (Å²) in [6.07, 6.45) is 1.05. The van der Waals surface area contributed by atoms with Crippen LogP contribution >= 0.6 is 0 Å². The minimum Gasteiger partial charge on any atom is -0.388 e. The van der Waals surface area contributed by atoms with Gasteiger partial charge in [-0.1, -0.05) is 20.8 Å². The molecular formula is C14H22N2O. The van der Waals surface area contributed by atoms with E-state index >= 15 is 0 Å². The number of amides is 1. The molecule has 0 aromatic heterocycles. The van der Waals surface area contributed by atoms with Crippen LogP contribution < -0.4 is 10.6 Å². The van der Waals surface area contributed by atoms with Crippen LogP contribution in [0.15, 0.2) is 24.3 Å².